The summed E-state index contributed by atoms with van der Waals surface area (Å²) >= 11 is 0. The molecule has 1 fully saturated rings. The van der Waals surface area contributed by atoms with E-state index in [1.54, 1.807) is 6.07 Å². The molecule has 9 nitrogen and oxygen atoms in total. The van der Waals surface area contributed by atoms with Crippen LogP contribution in [0.5, 0.6) is 0 Å². The first-order valence-electron chi connectivity index (χ1n) is 13.0. The average molecular weight is 570 g/mol. The second kappa shape index (κ2) is 12.9. The molecular weight excluding hydrogens is 541 g/mol. The first-order chi connectivity index (χ1) is 20.0. The van der Waals surface area contributed by atoms with Gasteiger partial charge in [0.25, 0.3) is 11.5 Å². The number of carbonyl (C=O) groups is 1. The normalized spacial score (nSPS) is 18.1. The standard InChI is InChI=1S/C31H28N3O6P/c35-20-26-25(36)18-28(40-26)34-19-21(29(37)33-31(34)39)10-9-17-32-30(38)24-15-7-8-16-27(24)41(22-11-3-1-4-12-22)23-13-5-2-6-14-23/h1-8,11-16,19,25-26,28,35-36H,17-18,20H2,(H,32,38)(H,33,37,39)/t25-,26+,28+/m0/s1. The minimum absolute atomic E-state index is 0.00136. The molecule has 0 bridgehead atoms. The van der Waals surface area contributed by atoms with E-state index in [1.165, 1.54) is 6.20 Å². The molecule has 3 atom stereocenters. The predicted octanol–water partition coefficient (Wildman–Crippen LogP) is 0.717. The van der Waals surface area contributed by atoms with Gasteiger partial charge in [-0.2, -0.15) is 0 Å². The Morgan fingerprint density at radius 1 is 1.00 bits per heavy atom. The number of aliphatic hydroxyl groups excluding tert-OH is 2. The Morgan fingerprint density at radius 3 is 2.27 bits per heavy atom. The Balaban J connectivity index is 1.35. The van der Waals surface area contributed by atoms with E-state index >= 15 is 0 Å². The van der Waals surface area contributed by atoms with Crippen LogP contribution in [0, 0.1) is 11.8 Å². The molecule has 1 aliphatic rings. The van der Waals surface area contributed by atoms with Crippen molar-refractivity contribution in [2.75, 3.05) is 13.2 Å². The summed E-state index contributed by atoms with van der Waals surface area (Å²) in [6.45, 7) is -0.435. The van der Waals surface area contributed by atoms with Crippen LogP contribution in [0.2, 0.25) is 0 Å². The summed E-state index contributed by atoms with van der Waals surface area (Å²) in [5.41, 5.74) is -0.852. The Labute approximate surface area is 237 Å². The van der Waals surface area contributed by atoms with Crippen molar-refractivity contribution in [3.05, 3.63) is 123 Å². The van der Waals surface area contributed by atoms with Crippen LogP contribution in [0.3, 0.4) is 0 Å². The minimum Gasteiger partial charge on any atom is -0.394 e. The van der Waals surface area contributed by atoms with Gasteiger partial charge in [-0.25, -0.2) is 4.79 Å². The van der Waals surface area contributed by atoms with Gasteiger partial charge in [-0.05, 0) is 29.9 Å². The fourth-order valence-electron chi connectivity index (χ4n) is 4.64. The van der Waals surface area contributed by atoms with Gasteiger partial charge in [0.05, 0.1) is 19.3 Å². The summed E-state index contributed by atoms with van der Waals surface area (Å²) in [5, 5.41) is 25.3. The Hall–Kier alpha value is -4.32. The molecule has 1 aromatic heterocycles. The van der Waals surface area contributed by atoms with Gasteiger partial charge in [0.2, 0.25) is 0 Å². The van der Waals surface area contributed by atoms with Crippen molar-refractivity contribution in [2.45, 2.75) is 24.9 Å². The molecule has 4 N–H and O–H groups in total. The largest absolute Gasteiger partial charge is 0.394 e. The van der Waals surface area contributed by atoms with Crippen molar-refractivity contribution in [3.63, 3.8) is 0 Å². The number of aliphatic hydroxyl groups is 2. The molecule has 5 rings (SSSR count). The molecular formula is C31H28N3O6P. The zero-order chi connectivity index (χ0) is 28.8. The van der Waals surface area contributed by atoms with Gasteiger partial charge >= 0.3 is 5.69 Å². The maximum absolute atomic E-state index is 13.3. The Morgan fingerprint density at radius 2 is 1.63 bits per heavy atom. The number of carbonyl (C=O) groups excluding carboxylic acids is 1. The number of aromatic amines is 1. The Bertz CT molecular complexity index is 1650. The van der Waals surface area contributed by atoms with Gasteiger partial charge in [-0.1, -0.05) is 90.7 Å². The molecule has 1 saturated heterocycles. The number of aromatic nitrogens is 2. The van der Waals surface area contributed by atoms with Gasteiger partial charge in [0.1, 0.15) is 17.9 Å². The molecule has 0 saturated carbocycles. The van der Waals surface area contributed by atoms with Crippen molar-refractivity contribution >= 4 is 29.7 Å². The molecule has 0 radical (unpaired) electrons. The topological polar surface area (TPSA) is 134 Å². The summed E-state index contributed by atoms with van der Waals surface area (Å²) in [5.74, 6) is 5.19. The molecule has 2 heterocycles. The number of benzene rings is 3. The van der Waals surface area contributed by atoms with Crippen LogP contribution in [0.1, 0.15) is 28.6 Å². The second-order valence-electron chi connectivity index (χ2n) is 9.33. The number of amides is 1. The highest BCUT2D eigenvalue weighted by Crippen LogP contribution is 2.34. The monoisotopic (exact) mass is 569 g/mol. The summed E-state index contributed by atoms with van der Waals surface area (Å²) in [6, 6.07) is 27.6. The van der Waals surface area contributed by atoms with Crippen molar-refractivity contribution in [1.82, 2.24) is 14.9 Å². The molecule has 10 heteroatoms. The van der Waals surface area contributed by atoms with Crippen LogP contribution in [0.15, 0.2) is 101 Å². The van der Waals surface area contributed by atoms with Crippen LogP contribution in [0.25, 0.3) is 0 Å². The highest BCUT2D eigenvalue weighted by atomic mass is 31.1. The number of hydrogen-bond acceptors (Lipinski definition) is 6. The molecule has 1 aliphatic heterocycles. The smallest absolute Gasteiger partial charge is 0.330 e. The van der Waals surface area contributed by atoms with Gasteiger partial charge in [0.15, 0.2) is 0 Å². The fourth-order valence-corrected chi connectivity index (χ4v) is 7.09. The van der Waals surface area contributed by atoms with Crippen molar-refractivity contribution < 1.29 is 19.7 Å². The van der Waals surface area contributed by atoms with E-state index in [-0.39, 0.29) is 24.4 Å². The molecule has 0 aliphatic carbocycles. The first-order valence-corrected chi connectivity index (χ1v) is 14.4. The third kappa shape index (κ3) is 6.37. The fraction of sp³-hybridized carbons (Fsp3) is 0.194. The zero-order valence-corrected chi connectivity index (χ0v) is 22.8. The molecule has 0 spiro atoms. The van der Waals surface area contributed by atoms with E-state index in [2.05, 4.69) is 46.4 Å². The van der Waals surface area contributed by atoms with Gasteiger partial charge < -0.3 is 20.3 Å². The molecule has 1 amide bonds. The lowest BCUT2D eigenvalue weighted by Crippen LogP contribution is -2.34. The third-order valence-corrected chi connectivity index (χ3v) is 9.14. The maximum Gasteiger partial charge on any atom is 0.330 e. The summed E-state index contributed by atoms with van der Waals surface area (Å²) in [4.78, 5) is 40.2. The molecule has 3 aromatic carbocycles. The zero-order valence-electron chi connectivity index (χ0n) is 21.9. The van der Waals surface area contributed by atoms with E-state index in [9.17, 15) is 24.6 Å². The quantitative estimate of drug-likeness (QED) is 0.192. The van der Waals surface area contributed by atoms with E-state index in [1.807, 2.05) is 54.6 Å². The summed E-state index contributed by atoms with van der Waals surface area (Å²) in [6.07, 6.45) is -1.28. The van der Waals surface area contributed by atoms with E-state index in [0.717, 1.165) is 20.5 Å². The predicted molar refractivity (Wildman–Crippen MR) is 157 cm³/mol. The lowest BCUT2D eigenvalue weighted by atomic mass is 10.2. The lowest BCUT2D eigenvalue weighted by molar-refractivity contribution is -0.0459. The highest BCUT2D eigenvalue weighted by Gasteiger charge is 2.35. The minimum atomic E-state index is -0.998. The van der Waals surface area contributed by atoms with Gasteiger partial charge in [-0.3, -0.25) is 19.1 Å². The SMILES string of the molecule is O=C(NCC#Cc1cn([C@H]2C[C@H](O)[C@@H](CO)O2)c(=O)[nH]c1=O)c1ccccc1P(c1ccccc1)c1ccccc1. The number of nitrogens with one attached hydrogen (secondary N) is 2. The van der Waals surface area contributed by atoms with Crippen molar-refractivity contribution in [1.29, 1.82) is 0 Å². The second-order valence-corrected chi connectivity index (χ2v) is 11.5. The van der Waals surface area contributed by atoms with E-state index < -0.39 is 44.2 Å². The van der Waals surface area contributed by atoms with Gasteiger partial charge in [-0.15, -0.1) is 0 Å². The maximum atomic E-state index is 13.3. The van der Waals surface area contributed by atoms with E-state index in [4.69, 9.17) is 4.74 Å². The number of nitrogens with zero attached hydrogens (tertiary/aromatic N) is 1. The van der Waals surface area contributed by atoms with Crippen LogP contribution in [-0.2, 0) is 4.74 Å². The summed E-state index contributed by atoms with van der Waals surface area (Å²) in [7, 11) is -0.998. The number of H-pyrrole nitrogens is 1. The number of ether oxygens (including phenoxy) is 1. The van der Waals surface area contributed by atoms with Crippen LogP contribution in [-0.4, -0.2) is 51.0 Å². The first kappa shape index (κ1) is 28.2. The van der Waals surface area contributed by atoms with Crippen LogP contribution < -0.4 is 32.5 Å². The average Bonchev–Trinajstić information content (AvgIpc) is 3.37. The molecule has 41 heavy (non-hydrogen) atoms. The van der Waals surface area contributed by atoms with Crippen molar-refractivity contribution in [3.8, 4) is 11.8 Å². The summed E-state index contributed by atoms with van der Waals surface area (Å²) < 4.78 is 6.66. The van der Waals surface area contributed by atoms with Gasteiger partial charge in [0, 0.05) is 18.2 Å². The molecule has 0 unspecified atom stereocenters. The lowest BCUT2D eigenvalue weighted by Gasteiger charge is -2.21. The molecule has 4 aromatic rings. The third-order valence-electron chi connectivity index (χ3n) is 6.64. The molecule has 208 valence electrons. The number of hydrogen-bond donors (Lipinski definition) is 4. The number of rotatable bonds is 7. The van der Waals surface area contributed by atoms with Crippen LogP contribution in [0.4, 0.5) is 0 Å². The highest BCUT2D eigenvalue weighted by molar-refractivity contribution is 7.80. The van der Waals surface area contributed by atoms with E-state index in [0.29, 0.717) is 5.56 Å². The Kier molecular flexibility index (Phi) is 8.88. The van der Waals surface area contributed by atoms with Crippen molar-refractivity contribution in [2.24, 2.45) is 0 Å². The van der Waals surface area contributed by atoms with Crippen LogP contribution >= 0.6 is 7.92 Å².